The van der Waals surface area contributed by atoms with Gasteiger partial charge in [-0.3, -0.25) is 0 Å². The summed E-state index contributed by atoms with van der Waals surface area (Å²) in [6.07, 6.45) is 2.89. The van der Waals surface area contributed by atoms with Crippen LogP contribution in [-0.4, -0.2) is 21.0 Å². The first-order valence-electron chi connectivity index (χ1n) is 6.45. The van der Waals surface area contributed by atoms with Gasteiger partial charge in [0.15, 0.2) is 0 Å². The first-order valence-corrected chi connectivity index (χ1v) is 8.48. The maximum absolute atomic E-state index is 12.2. The molecule has 0 aromatic heterocycles. The van der Waals surface area contributed by atoms with Crippen molar-refractivity contribution in [2.45, 2.75) is 31.1 Å². The van der Waals surface area contributed by atoms with E-state index >= 15 is 0 Å². The average molecular weight is 303 g/mol. The molecule has 0 heterocycles. The molecule has 0 saturated heterocycles. The maximum Gasteiger partial charge on any atom is 0.216 e. The molecule has 1 aromatic rings. The number of sulfonamides is 1. The summed E-state index contributed by atoms with van der Waals surface area (Å²) >= 11 is 5.99. The van der Waals surface area contributed by atoms with Gasteiger partial charge in [0.05, 0.1) is 5.75 Å². The van der Waals surface area contributed by atoms with Crippen molar-refractivity contribution in [1.29, 1.82) is 0 Å². The van der Waals surface area contributed by atoms with Crippen LogP contribution in [0.15, 0.2) is 24.3 Å². The molecule has 6 heteroatoms. The number of nitrogens with one attached hydrogen (secondary N) is 1. The summed E-state index contributed by atoms with van der Waals surface area (Å²) in [6.45, 7) is 0.527. The van der Waals surface area contributed by atoms with E-state index < -0.39 is 10.0 Å². The van der Waals surface area contributed by atoms with Crippen LogP contribution in [0.25, 0.3) is 0 Å². The lowest BCUT2D eigenvalue weighted by Gasteiger charge is -2.19. The zero-order valence-electron chi connectivity index (χ0n) is 10.7. The van der Waals surface area contributed by atoms with E-state index in [1.165, 1.54) is 0 Å². The van der Waals surface area contributed by atoms with Crippen molar-refractivity contribution in [2.75, 3.05) is 6.54 Å². The predicted octanol–water partition coefficient (Wildman–Crippen LogP) is 1.89. The fraction of sp³-hybridized carbons (Fsp3) is 0.538. The first kappa shape index (κ1) is 14.8. The summed E-state index contributed by atoms with van der Waals surface area (Å²) in [6, 6.07) is 6.97. The molecule has 0 unspecified atom stereocenters. The van der Waals surface area contributed by atoms with E-state index in [2.05, 4.69) is 4.72 Å². The van der Waals surface area contributed by atoms with Gasteiger partial charge in [-0.1, -0.05) is 36.2 Å². The van der Waals surface area contributed by atoms with Crippen LogP contribution >= 0.6 is 11.6 Å². The number of benzene rings is 1. The lowest BCUT2D eigenvalue weighted by Crippen LogP contribution is -2.40. The van der Waals surface area contributed by atoms with Crippen molar-refractivity contribution < 1.29 is 8.42 Å². The van der Waals surface area contributed by atoms with Crippen molar-refractivity contribution in [1.82, 2.24) is 4.72 Å². The number of hydrogen-bond acceptors (Lipinski definition) is 3. The van der Waals surface area contributed by atoms with E-state index in [9.17, 15) is 8.42 Å². The normalized spacial score (nSPS) is 23.7. The fourth-order valence-electron chi connectivity index (χ4n) is 2.57. The van der Waals surface area contributed by atoms with Gasteiger partial charge in [-0.15, -0.1) is 0 Å². The standard InChI is InChI=1S/C13H19ClN2O2S/c14-12-6-2-1-4-11(12)9-19(17,18)16-13-7-3-5-10(13)8-15/h1-2,4,6,10,13,16H,3,5,7-9,15H2/t10-,13-/m1/s1. The van der Waals surface area contributed by atoms with E-state index in [0.29, 0.717) is 17.1 Å². The van der Waals surface area contributed by atoms with Gasteiger partial charge in [-0.05, 0) is 36.9 Å². The molecule has 1 aromatic carbocycles. The summed E-state index contributed by atoms with van der Waals surface area (Å²) in [5, 5.41) is 0.481. The van der Waals surface area contributed by atoms with Crippen molar-refractivity contribution in [3.8, 4) is 0 Å². The van der Waals surface area contributed by atoms with Crippen LogP contribution < -0.4 is 10.5 Å². The smallest absolute Gasteiger partial charge is 0.216 e. The summed E-state index contributed by atoms with van der Waals surface area (Å²) in [7, 11) is -3.37. The average Bonchev–Trinajstić information content (AvgIpc) is 2.78. The summed E-state index contributed by atoms with van der Waals surface area (Å²) in [5.74, 6) is 0.168. The fourth-order valence-corrected chi connectivity index (χ4v) is 4.36. The quantitative estimate of drug-likeness (QED) is 0.872. The second-order valence-electron chi connectivity index (χ2n) is 5.00. The van der Waals surface area contributed by atoms with Crippen LogP contribution in [-0.2, 0) is 15.8 Å². The molecule has 0 amide bonds. The topological polar surface area (TPSA) is 72.2 Å². The van der Waals surface area contributed by atoms with Gasteiger partial charge < -0.3 is 5.73 Å². The molecule has 106 valence electrons. The van der Waals surface area contributed by atoms with Crippen LogP contribution in [0.4, 0.5) is 0 Å². The third-order valence-electron chi connectivity index (χ3n) is 3.60. The Balaban J connectivity index is 2.05. The number of hydrogen-bond donors (Lipinski definition) is 2. The molecule has 0 radical (unpaired) electrons. The third kappa shape index (κ3) is 3.92. The van der Waals surface area contributed by atoms with E-state index in [1.807, 2.05) is 0 Å². The summed E-state index contributed by atoms with van der Waals surface area (Å²) in [5.41, 5.74) is 6.29. The number of rotatable bonds is 5. The van der Waals surface area contributed by atoms with E-state index in [4.69, 9.17) is 17.3 Å². The van der Waals surface area contributed by atoms with Gasteiger partial charge in [0.1, 0.15) is 0 Å². The molecular formula is C13H19ClN2O2S. The van der Waals surface area contributed by atoms with Gasteiger partial charge in [0.25, 0.3) is 0 Å². The van der Waals surface area contributed by atoms with Gasteiger partial charge >= 0.3 is 0 Å². The van der Waals surface area contributed by atoms with Crippen LogP contribution in [0.5, 0.6) is 0 Å². The molecular weight excluding hydrogens is 284 g/mol. The maximum atomic E-state index is 12.2. The van der Waals surface area contributed by atoms with Crippen LogP contribution in [0.2, 0.25) is 5.02 Å². The van der Waals surface area contributed by atoms with Crippen LogP contribution in [0.1, 0.15) is 24.8 Å². The Kier molecular flexibility index (Phi) is 4.84. The zero-order valence-corrected chi connectivity index (χ0v) is 12.3. The van der Waals surface area contributed by atoms with Gasteiger partial charge in [0.2, 0.25) is 10.0 Å². The monoisotopic (exact) mass is 302 g/mol. The molecule has 1 fully saturated rings. The SMILES string of the molecule is NC[C@H]1CCC[C@H]1NS(=O)(=O)Cc1ccccc1Cl. The van der Waals surface area contributed by atoms with Gasteiger partial charge in [-0.25, -0.2) is 13.1 Å². The Morgan fingerprint density at radius 3 is 2.74 bits per heavy atom. The van der Waals surface area contributed by atoms with E-state index in [1.54, 1.807) is 24.3 Å². The molecule has 2 rings (SSSR count). The van der Waals surface area contributed by atoms with Crippen molar-refractivity contribution in [3.05, 3.63) is 34.9 Å². The molecule has 4 nitrogen and oxygen atoms in total. The van der Waals surface area contributed by atoms with Gasteiger partial charge in [0, 0.05) is 11.1 Å². The Morgan fingerprint density at radius 2 is 2.05 bits per heavy atom. The van der Waals surface area contributed by atoms with Crippen LogP contribution in [0.3, 0.4) is 0 Å². The van der Waals surface area contributed by atoms with Gasteiger partial charge in [-0.2, -0.15) is 0 Å². The van der Waals surface area contributed by atoms with Crippen molar-refractivity contribution in [3.63, 3.8) is 0 Å². The molecule has 3 N–H and O–H groups in total. The predicted molar refractivity (Wildman–Crippen MR) is 77.4 cm³/mol. The molecule has 1 aliphatic rings. The second kappa shape index (κ2) is 6.22. The highest BCUT2D eigenvalue weighted by atomic mass is 35.5. The van der Waals surface area contributed by atoms with Crippen molar-refractivity contribution in [2.24, 2.45) is 11.7 Å². The Morgan fingerprint density at radius 1 is 1.32 bits per heavy atom. The lowest BCUT2D eigenvalue weighted by atomic mass is 10.1. The molecule has 1 saturated carbocycles. The number of nitrogens with two attached hydrogens (primary N) is 1. The minimum Gasteiger partial charge on any atom is -0.330 e. The third-order valence-corrected chi connectivity index (χ3v) is 5.32. The van der Waals surface area contributed by atoms with Crippen molar-refractivity contribution >= 4 is 21.6 Å². The number of halogens is 1. The second-order valence-corrected chi connectivity index (χ2v) is 7.16. The van der Waals surface area contributed by atoms with E-state index in [-0.39, 0.29) is 17.7 Å². The minimum atomic E-state index is -3.37. The minimum absolute atomic E-state index is 0.0301. The Bertz CT molecular complexity index is 533. The summed E-state index contributed by atoms with van der Waals surface area (Å²) in [4.78, 5) is 0. The summed E-state index contributed by atoms with van der Waals surface area (Å²) < 4.78 is 27.1. The Hall–Kier alpha value is -0.620. The molecule has 1 aliphatic carbocycles. The highest BCUT2D eigenvalue weighted by Crippen LogP contribution is 2.26. The zero-order chi connectivity index (χ0) is 13.9. The van der Waals surface area contributed by atoms with E-state index in [0.717, 1.165) is 19.3 Å². The highest BCUT2D eigenvalue weighted by molar-refractivity contribution is 7.88. The Labute approximate surface area is 119 Å². The van der Waals surface area contributed by atoms with Crippen LogP contribution in [0, 0.1) is 5.92 Å². The highest BCUT2D eigenvalue weighted by Gasteiger charge is 2.29. The largest absolute Gasteiger partial charge is 0.330 e. The lowest BCUT2D eigenvalue weighted by molar-refractivity contribution is 0.452. The molecule has 2 atom stereocenters. The molecule has 0 aliphatic heterocycles. The molecule has 0 bridgehead atoms. The molecule has 0 spiro atoms. The molecule has 19 heavy (non-hydrogen) atoms. The first-order chi connectivity index (χ1) is 9.02.